The number of esters is 1. The molecular formula is C20H32N2O2. The number of carbonyl (C=O) groups is 1. The van der Waals surface area contributed by atoms with Crippen molar-refractivity contribution in [1.82, 2.24) is 4.90 Å². The summed E-state index contributed by atoms with van der Waals surface area (Å²) in [4.78, 5) is 14.5. The predicted molar refractivity (Wildman–Crippen MR) is 97.5 cm³/mol. The normalized spacial score (nSPS) is 17.2. The lowest BCUT2D eigenvalue weighted by Gasteiger charge is -2.36. The van der Waals surface area contributed by atoms with Crippen LogP contribution in [0.2, 0.25) is 0 Å². The summed E-state index contributed by atoms with van der Waals surface area (Å²) in [5, 5.41) is 0. The van der Waals surface area contributed by atoms with Gasteiger partial charge in [-0.3, -0.25) is 9.69 Å². The van der Waals surface area contributed by atoms with Crippen LogP contribution in [-0.4, -0.2) is 35.1 Å². The van der Waals surface area contributed by atoms with E-state index >= 15 is 0 Å². The summed E-state index contributed by atoms with van der Waals surface area (Å²) in [5.74, 6) is -0.240. The summed E-state index contributed by atoms with van der Waals surface area (Å²) in [6.07, 6.45) is 4.99. The second kappa shape index (κ2) is 8.63. The minimum atomic E-state index is -0.536. The summed E-state index contributed by atoms with van der Waals surface area (Å²) in [7, 11) is 0. The van der Waals surface area contributed by atoms with E-state index in [0.29, 0.717) is 6.42 Å². The Morgan fingerprint density at radius 2 is 1.88 bits per heavy atom. The third kappa shape index (κ3) is 5.91. The maximum atomic E-state index is 12.2. The third-order valence-electron chi connectivity index (χ3n) is 4.76. The van der Waals surface area contributed by atoms with Crippen LogP contribution in [0.4, 0.5) is 0 Å². The first-order valence-corrected chi connectivity index (χ1v) is 9.11. The van der Waals surface area contributed by atoms with Crippen LogP contribution in [0.3, 0.4) is 0 Å². The molecule has 1 atom stereocenters. The molecule has 1 saturated carbocycles. The molecule has 1 aromatic carbocycles. The van der Waals surface area contributed by atoms with Crippen molar-refractivity contribution in [2.75, 3.05) is 6.54 Å². The second-order valence-corrected chi connectivity index (χ2v) is 7.82. The third-order valence-corrected chi connectivity index (χ3v) is 4.76. The van der Waals surface area contributed by atoms with Crippen molar-refractivity contribution in [2.45, 2.75) is 77.1 Å². The molecule has 2 rings (SSSR count). The van der Waals surface area contributed by atoms with Crippen LogP contribution in [0.1, 0.15) is 58.4 Å². The Morgan fingerprint density at radius 3 is 2.46 bits per heavy atom. The number of benzene rings is 1. The van der Waals surface area contributed by atoms with Gasteiger partial charge in [-0.05, 0) is 58.4 Å². The van der Waals surface area contributed by atoms with E-state index in [1.165, 1.54) is 5.56 Å². The zero-order valence-electron chi connectivity index (χ0n) is 15.3. The molecule has 1 aromatic rings. The van der Waals surface area contributed by atoms with Gasteiger partial charge in [0.05, 0.1) is 0 Å². The van der Waals surface area contributed by atoms with Crippen molar-refractivity contribution in [3.63, 3.8) is 0 Å². The van der Waals surface area contributed by atoms with Crippen molar-refractivity contribution < 1.29 is 9.53 Å². The lowest BCUT2D eigenvalue weighted by molar-refractivity contribution is -0.150. The summed E-state index contributed by atoms with van der Waals surface area (Å²) in [6.45, 7) is 8.21. The van der Waals surface area contributed by atoms with Crippen molar-refractivity contribution in [1.29, 1.82) is 0 Å². The molecule has 0 amide bonds. The molecule has 0 spiro atoms. The average Bonchev–Trinajstić information content (AvgIpc) is 3.03. The van der Waals surface area contributed by atoms with Crippen LogP contribution >= 0.6 is 0 Å². The Hall–Kier alpha value is -1.39. The van der Waals surface area contributed by atoms with E-state index in [0.717, 1.165) is 38.8 Å². The van der Waals surface area contributed by atoms with Gasteiger partial charge >= 0.3 is 5.97 Å². The molecule has 24 heavy (non-hydrogen) atoms. The summed E-state index contributed by atoms with van der Waals surface area (Å²) in [6, 6.07) is 9.87. The number of nitrogens with two attached hydrogens (primary N) is 1. The van der Waals surface area contributed by atoms with Gasteiger partial charge in [-0.2, -0.15) is 0 Å². The fourth-order valence-electron chi connectivity index (χ4n) is 3.13. The van der Waals surface area contributed by atoms with Gasteiger partial charge < -0.3 is 10.5 Å². The minimum absolute atomic E-state index is 0.0188. The molecule has 2 N–H and O–H groups in total. The first kappa shape index (κ1) is 18.9. The van der Waals surface area contributed by atoms with Crippen molar-refractivity contribution >= 4 is 5.97 Å². The molecule has 1 aliphatic rings. The minimum Gasteiger partial charge on any atom is -0.461 e. The molecule has 0 aliphatic heterocycles. The van der Waals surface area contributed by atoms with Crippen molar-refractivity contribution in [3.05, 3.63) is 35.9 Å². The quantitative estimate of drug-likeness (QED) is 0.777. The molecule has 1 fully saturated rings. The van der Waals surface area contributed by atoms with Gasteiger partial charge in [0.2, 0.25) is 0 Å². The average molecular weight is 332 g/mol. The fourth-order valence-corrected chi connectivity index (χ4v) is 3.13. The lowest BCUT2D eigenvalue weighted by atomic mass is 10.0. The van der Waals surface area contributed by atoms with Gasteiger partial charge in [-0.15, -0.1) is 0 Å². The van der Waals surface area contributed by atoms with Crippen LogP contribution in [0.25, 0.3) is 0 Å². The Bertz CT molecular complexity index is 504. The molecule has 0 bridgehead atoms. The first-order valence-electron chi connectivity index (χ1n) is 9.11. The maximum absolute atomic E-state index is 12.2. The zero-order chi connectivity index (χ0) is 17.6. The smallest absolute Gasteiger partial charge is 0.323 e. The number of hydrogen-bond donors (Lipinski definition) is 1. The lowest BCUT2D eigenvalue weighted by Crippen LogP contribution is -2.44. The van der Waals surface area contributed by atoms with Gasteiger partial charge in [0.25, 0.3) is 0 Å². The standard InChI is InChI=1S/C20H32N2O2/c1-20(2,3)22(15-16-9-5-4-6-10-16)14-13-18(21)19(23)24-17-11-7-8-12-17/h4-6,9-10,17-18H,7-8,11-15,21H2,1-3H3/t18-/m0/s1. The van der Waals surface area contributed by atoms with Crippen LogP contribution in [0, 0.1) is 0 Å². The molecule has 134 valence electrons. The van der Waals surface area contributed by atoms with E-state index < -0.39 is 6.04 Å². The highest BCUT2D eigenvalue weighted by atomic mass is 16.5. The van der Waals surface area contributed by atoms with Gasteiger partial charge in [0, 0.05) is 18.6 Å². The van der Waals surface area contributed by atoms with Crippen LogP contribution in [0.15, 0.2) is 30.3 Å². The molecule has 0 saturated heterocycles. The van der Waals surface area contributed by atoms with Gasteiger partial charge in [0.15, 0.2) is 0 Å². The van der Waals surface area contributed by atoms with Crippen molar-refractivity contribution in [2.24, 2.45) is 5.73 Å². The number of carbonyl (C=O) groups excluding carboxylic acids is 1. The topological polar surface area (TPSA) is 55.6 Å². The molecule has 4 heteroatoms. The van der Waals surface area contributed by atoms with Gasteiger partial charge in [0.1, 0.15) is 12.1 Å². The monoisotopic (exact) mass is 332 g/mol. The van der Waals surface area contributed by atoms with Crippen LogP contribution in [0.5, 0.6) is 0 Å². The van der Waals surface area contributed by atoms with Gasteiger partial charge in [-0.25, -0.2) is 0 Å². The fraction of sp³-hybridized carbons (Fsp3) is 0.650. The number of rotatable bonds is 7. The second-order valence-electron chi connectivity index (χ2n) is 7.82. The number of nitrogens with zero attached hydrogens (tertiary/aromatic N) is 1. The van der Waals surface area contributed by atoms with E-state index in [1.807, 2.05) is 6.07 Å². The first-order chi connectivity index (χ1) is 11.4. The summed E-state index contributed by atoms with van der Waals surface area (Å²) < 4.78 is 5.53. The molecule has 4 nitrogen and oxygen atoms in total. The molecular weight excluding hydrogens is 300 g/mol. The highest BCUT2D eigenvalue weighted by Gasteiger charge is 2.26. The Balaban J connectivity index is 1.86. The Labute approximate surface area is 146 Å². The Morgan fingerprint density at radius 1 is 1.25 bits per heavy atom. The van der Waals surface area contributed by atoms with E-state index in [-0.39, 0.29) is 17.6 Å². The zero-order valence-corrected chi connectivity index (χ0v) is 15.3. The van der Waals surface area contributed by atoms with Crippen LogP contribution < -0.4 is 5.73 Å². The molecule has 0 heterocycles. The van der Waals surface area contributed by atoms with Crippen LogP contribution in [-0.2, 0) is 16.1 Å². The van der Waals surface area contributed by atoms with Gasteiger partial charge in [-0.1, -0.05) is 30.3 Å². The molecule has 0 radical (unpaired) electrons. The highest BCUT2D eigenvalue weighted by molar-refractivity contribution is 5.75. The van der Waals surface area contributed by atoms with E-state index in [9.17, 15) is 4.79 Å². The summed E-state index contributed by atoms with van der Waals surface area (Å²) >= 11 is 0. The molecule has 1 aliphatic carbocycles. The number of ether oxygens (including phenoxy) is 1. The maximum Gasteiger partial charge on any atom is 0.323 e. The Kier molecular flexibility index (Phi) is 6.81. The SMILES string of the molecule is CC(C)(C)N(CC[C@H](N)C(=O)OC1CCCC1)Cc1ccccc1. The van der Waals surface area contributed by atoms with E-state index in [4.69, 9.17) is 10.5 Å². The van der Waals surface area contributed by atoms with E-state index in [2.05, 4.69) is 49.9 Å². The van der Waals surface area contributed by atoms with E-state index in [1.54, 1.807) is 0 Å². The molecule has 0 unspecified atom stereocenters. The largest absolute Gasteiger partial charge is 0.461 e. The predicted octanol–water partition coefficient (Wildman–Crippen LogP) is 3.49. The summed E-state index contributed by atoms with van der Waals surface area (Å²) in [5.41, 5.74) is 7.37. The highest BCUT2D eigenvalue weighted by Crippen LogP contribution is 2.22. The molecule has 0 aromatic heterocycles. The van der Waals surface area contributed by atoms with Crippen molar-refractivity contribution in [3.8, 4) is 0 Å². The number of hydrogen-bond acceptors (Lipinski definition) is 4.